The Bertz CT molecular complexity index is 2910. The van der Waals surface area contributed by atoms with E-state index in [4.69, 9.17) is 24.2 Å². The highest BCUT2D eigenvalue weighted by Gasteiger charge is 2.58. The smallest absolute Gasteiger partial charge is 0.324 e. The second-order valence-electron chi connectivity index (χ2n) is 23.0. The molecule has 2 amide bonds. The number of cyclic esters (lactones) is 1. The van der Waals surface area contributed by atoms with Gasteiger partial charge in [0, 0.05) is 128 Å². The van der Waals surface area contributed by atoms with Gasteiger partial charge in [0.1, 0.15) is 23.4 Å². The number of likely N-dealkylation sites (N-methyl/N-ethyl adjacent to an activating group) is 1. The van der Waals surface area contributed by atoms with Crippen LogP contribution >= 0.6 is 11.3 Å². The summed E-state index contributed by atoms with van der Waals surface area (Å²) in [6.45, 7) is 13.0. The Kier molecular flexibility index (Phi) is 12.6. The number of carbonyl (C=O) groups excluding carboxylic acids is 3. The normalized spacial score (nSPS) is 29.1. The number of ether oxygens (including phenoxy) is 3. The van der Waals surface area contributed by atoms with Crippen molar-refractivity contribution in [2.75, 3.05) is 67.1 Å². The van der Waals surface area contributed by atoms with Gasteiger partial charge in [-0.1, -0.05) is 26.8 Å². The molecule has 2 saturated carbocycles. The van der Waals surface area contributed by atoms with Gasteiger partial charge in [-0.15, -0.1) is 11.3 Å². The van der Waals surface area contributed by atoms with Gasteiger partial charge >= 0.3 is 5.97 Å². The summed E-state index contributed by atoms with van der Waals surface area (Å²) in [6, 6.07) is 11.3. The molecule has 4 aromatic heterocycles. The van der Waals surface area contributed by atoms with E-state index in [9.17, 15) is 9.59 Å². The number of likely N-dealkylation sites (tertiary alicyclic amines) is 3. The molecule has 4 saturated heterocycles. The number of esters is 1. The minimum Gasteiger partial charge on any atom is -0.464 e. The zero-order chi connectivity index (χ0) is 50.5. The number of amides is 2. The molecule has 8 atom stereocenters. The van der Waals surface area contributed by atoms with Crippen LogP contribution in [0.2, 0.25) is 0 Å². The number of hydrogen-bond donors (Lipinski definition) is 2. The van der Waals surface area contributed by atoms with Crippen LogP contribution in [0.15, 0.2) is 60.5 Å². The quantitative estimate of drug-likeness (QED) is 0.157. The molecule has 5 aliphatic heterocycles. The Morgan fingerprint density at radius 1 is 1.01 bits per heavy atom. The van der Waals surface area contributed by atoms with Crippen molar-refractivity contribution in [1.29, 1.82) is 0 Å². The van der Waals surface area contributed by atoms with E-state index in [1.165, 1.54) is 36.1 Å². The SMILES string of the molecule is CO[C@H]1CN(C)C2(C1)CN([C@@H]1c3nc(cs3)-c3ccc4c(c3)c(c(-c3cccnc3[C@H](C)OC)n4C3CN(C4CC4)C3)CC(C)(C)COC(=O)[C@@H]3CCCN(N3)C(=O)[C@H]1NC(=O)[C@@H]1[C@@H](C)[C@H]1c1ccncn1)C2. The molecule has 2 N–H and O–H groups in total. The number of nitrogens with zero attached hydrogens (tertiary/aromatic N) is 9. The Hall–Kier alpha value is -5.21. The molecule has 7 aliphatic rings. The topological polar surface area (TPSA) is 172 Å². The first kappa shape index (κ1) is 48.7. The fourth-order valence-electron chi connectivity index (χ4n) is 13.0. The molecule has 18 heteroatoms. The standard InChI is InChI=1S/C55H69N11O6S/c1-31-44(40-16-18-56-30-58-40)45(31)50(67)60-47-49(64-27-55(28-64)21-36(71-7)25-62(55)5)51-59-42(26-73-51)33-12-15-43-38(20-33)39(22-54(3,4)29-72-53(69)41-11-9-19-65(61-41)52(47)68)48(37-10-8-17-57-46(37)32(2)70-6)66(43)35-23-63(24-35)34-13-14-34/h8,10,12,15-18,20,26,30-32,34-36,41,44-45,47,49,61H,9,11,13-14,19,21-25,27-29H2,1-7H3,(H,60,67)/t31-,32-,36+,41-,44-,45+,47-,49-/m0/s1. The third-order valence-corrected chi connectivity index (χ3v) is 18.4. The lowest BCUT2D eigenvalue weighted by molar-refractivity contribution is -0.156. The molecule has 1 aromatic carbocycles. The molecule has 6 bridgehead atoms. The first-order chi connectivity index (χ1) is 35.2. The van der Waals surface area contributed by atoms with Gasteiger partial charge in [-0.05, 0) is 94.3 Å². The number of hydrazine groups is 1. The zero-order valence-corrected chi connectivity index (χ0v) is 43.9. The van der Waals surface area contributed by atoms with Crippen LogP contribution in [0.1, 0.15) is 106 Å². The third kappa shape index (κ3) is 8.77. The van der Waals surface area contributed by atoms with Crippen LogP contribution in [0.25, 0.3) is 33.4 Å². The lowest BCUT2D eigenvalue weighted by atomic mass is 9.84. The van der Waals surface area contributed by atoms with E-state index in [1.807, 2.05) is 18.3 Å². The number of methoxy groups -OCH3 is 2. The minimum absolute atomic E-state index is 0.0146. The molecule has 0 radical (unpaired) electrons. The number of carbonyl (C=O) groups is 3. The van der Waals surface area contributed by atoms with Crippen LogP contribution in [-0.2, 0) is 35.0 Å². The molecule has 6 fully saturated rings. The van der Waals surface area contributed by atoms with E-state index < -0.39 is 29.5 Å². The van der Waals surface area contributed by atoms with Gasteiger partial charge in [0.2, 0.25) is 5.91 Å². The third-order valence-electron chi connectivity index (χ3n) is 17.5. The van der Waals surface area contributed by atoms with Gasteiger partial charge < -0.3 is 24.1 Å². The molecule has 17 nitrogen and oxygen atoms in total. The van der Waals surface area contributed by atoms with Crippen LogP contribution in [-0.4, -0.2) is 159 Å². The van der Waals surface area contributed by atoms with Crippen LogP contribution in [0.4, 0.5) is 0 Å². The predicted octanol–water partition coefficient (Wildman–Crippen LogP) is 5.94. The van der Waals surface area contributed by atoms with E-state index in [2.05, 4.69) is 104 Å². The molecule has 0 unspecified atom stereocenters. The molecule has 386 valence electrons. The van der Waals surface area contributed by atoms with Crippen molar-refractivity contribution in [3.8, 4) is 22.5 Å². The van der Waals surface area contributed by atoms with E-state index in [0.717, 1.165) is 75.9 Å². The van der Waals surface area contributed by atoms with Gasteiger partial charge in [-0.25, -0.2) is 20.4 Å². The molecule has 1 spiro atoms. The second kappa shape index (κ2) is 18.9. The summed E-state index contributed by atoms with van der Waals surface area (Å²) in [4.78, 5) is 71.1. The zero-order valence-electron chi connectivity index (χ0n) is 43.1. The van der Waals surface area contributed by atoms with Crippen LogP contribution in [0, 0.1) is 17.3 Å². The van der Waals surface area contributed by atoms with E-state index in [0.29, 0.717) is 44.9 Å². The number of hydrogen-bond acceptors (Lipinski definition) is 15. The van der Waals surface area contributed by atoms with Crippen molar-refractivity contribution in [1.82, 2.24) is 55.0 Å². The first-order valence-electron chi connectivity index (χ1n) is 26.4. The van der Waals surface area contributed by atoms with Gasteiger partial charge in [0.15, 0.2) is 0 Å². The number of aromatic nitrogens is 5. The average Bonchev–Trinajstić information content (AvgIpc) is 4.20. The van der Waals surface area contributed by atoms with Crippen LogP contribution in [0.5, 0.6) is 0 Å². The Labute approximate surface area is 431 Å². The fraction of sp³-hybridized carbons (Fsp3) is 0.582. The summed E-state index contributed by atoms with van der Waals surface area (Å²) in [5.41, 5.74) is 10.6. The minimum atomic E-state index is -1.04. The number of thiazole rings is 1. The maximum Gasteiger partial charge on any atom is 0.324 e. The van der Waals surface area contributed by atoms with Crippen molar-refractivity contribution < 1.29 is 28.6 Å². The van der Waals surface area contributed by atoms with Crippen molar-refractivity contribution in [3.63, 3.8) is 0 Å². The average molecular weight is 1010 g/mol. The molecule has 2 aliphatic carbocycles. The highest BCUT2D eigenvalue weighted by Crippen LogP contribution is 2.54. The molecule has 5 aromatic rings. The Morgan fingerprint density at radius 2 is 1.84 bits per heavy atom. The van der Waals surface area contributed by atoms with E-state index in [1.54, 1.807) is 25.4 Å². The molecule has 12 rings (SSSR count). The number of rotatable bonds is 10. The van der Waals surface area contributed by atoms with Gasteiger partial charge in [0.05, 0.1) is 48.0 Å². The number of fused-ring (bicyclic) bond motifs is 6. The second-order valence-corrected chi connectivity index (χ2v) is 23.9. The van der Waals surface area contributed by atoms with Gasteiger partial charge in [-0.3, -0.25) is 39.1 Å². The number of benzene rings is 1. The molecular weight excluding hydrogens is 943 g/mol. The summed E-state index contributed by atoms with van der Waals surface area (Å²) >= 11 is 1.53. The molecule has 9 heterocycles. The van der Waals surface area contributed by atoms with Crippen molar-refractivity contribution in [2.45, 2.75) is 120 Å². The Balaban J connectivity index is 1.00. The van der Waals surface area contributed by atoms with E-state index in [-0.39, 0.29) is 60.0 Å². The predicted molar refractivity (Wildman–Crippen MR) is 276 cm³/mol. The highest BCUT2D eigenvalue weighted by molar-refractivity contribution is 7.10. The number of nitrogens with one attached hydrogen (secondary N) is 2. The van der Waals surface area contributed by atoms with Gasteiger partial charge in [0.25, 0.3) is 5.91 Å². The maximum absolute atomic E-state index is 15.5. The van der Waals surface area contributed by atoms with E-state index >= 15 is 4.79 Å². The van der Waals surface area contributed by atoms with Crippen molar-refractivity contribution in [3.05, 3.63) is 82.5 Å². The lowest BCUT2D eigenvalue weighted by Crippen LogP contribution is -2.71. The summed E-state index contributed by atoms with van der Waals surface area (Å²) in [6.07, 6.45) is 9.98. The first-order valence-corrected chi connectivity index (χ1v) is 27.3. The largest absolute Gasteiger partial charge is 0.464 e. The highest BCUT2D eigenvalue weighted by atomic mass is 32.1. The summed E-state index contributed by atoms with van der Waals surface area (Å²) < 4.78 is 20.8. The van der Waals surface area contributed by atoms with Crippen molar-refractivity contribution >= 4 is 40.0 Å². The molecule has 73 heavy (non-hydrogen) atoms. The maximum atomic E-state index is 15.5. The van der Waals surface area contributed by atoms with Gasteiger partial charge in [-0.2, -0.15) is 0 Å². The summed E-state index contributed by atoms with van der Waals surface area (Å²) in [5.74, 6) is -1.40. The summed E-state index contributed by atoms with van der Waals surface area (Å²) in [5, 5.41) is 8.86. The fourth-order valence-corrected chi connectivity index (χ4v) is 14.0. The monoisotopic (exact) mass is 1010 g/mol. The number of pyridine rings is 1. The Morgan fingerprint density at radius 3 is 2.58 bits per heavy atom. The summed E-state index contributed by atoms with van der Waals surface area (Å²) in [7, 11) is 5.65. The van der Waals surface area contributed by atoms with Crippen molar-refractivity contribution in [2.24, 2.45) is 17.3 Å². The lowest BCUT2D eigenvalue weighted by Gasteiger charge is -2.55. The van der Waals surface area contributed by atoms with Crippen LogP contribution in [0.3, 0.4) is 0 Å². The van der Waals surface area contributed by atoms with Crippen LogP contribution < -0.4 is 10.7 Å². The molecular formula is C55H69N11O6S.